The minimum absolute atomic E-state index is 0.515. The summed E-state index contributed by atoms with van der Waals surface area (Å²) < 4.78 is 0. The van der Waals surface area contributed by atoms with Crippen molar-refractivity contribution in [3.8, 4) is 33.4 Å². The first kappa shape index (κ1) is 32.5. The molecule has 0 radical (unpaired) electrons. The van der Waals surface area contributed by atoms with Crippen molar-refractivity contribution in [2.24, 2.45) is 0 Å². The van der Waals surface area contributed by atoms with Crippen LogP contribution in [0.1, 0.15) is 22.3 Å². The molecule has 0 heterocycles. The predicted octanol–water partition coefficient (Wildman–Crippen LogP) is 15.7. The summed E-state index contributed by atoms with van der Waals surface area (Å²) in [6.45, 7) is 0. The summed E-state index contributed by atoms with van der Waals surface area (Å²) >= 11 is 0. The van der Waals surface area contributed by atoms with Crippen LogP contribution in [-0.4, -0.2) is 0 Å². The molecule has 0 saturated heterocycles. The van der Waals surface area contributed by atoms with E-state index in [9.17, 15) is 0 Å². The van der Waals surface area contributed by atoms with Gasteiger partial charge in [-0.1, -0.05) is 212 Å². The minimum Gasteiger partial charge on any atom is -0.0622 e. The molecule has 0 nitrogen and oxygen atoms in total. The molecule has 0 N–H and O–H groups in total. The van der Waals surface area contributed by atoms with Crippen LogP contribution in [0.2, 0.25) is 0 Å². The molecular weight excluding hydrogens is 709 g/mol. The summed E-state index contributed by atoms with van der Waals surface area (Å²) in [6, 6.07) is 82.0. The van der Waals surface area contributed by atoms with E-state index in [4.69, 9.17) is 0 Å². The quantitative estimate of drug-likeness (QED) is 0.124. The van der Waals surface area contributed by atoms with Gasteiger partial charge in [0, 0.05) is 0 Å². The van der Waals surface area contributed by atoms with Crippen molar-refractivity contribution in [3.05, 3.63) is 241 Å². The zero-order valence-corrected chi connectivity index (χ0v) is 32.3. The van der Waals surface area contributed by atoms with Crippen LogP contribution in [0.3, 0.4) is 0 Å². The van der Waals surface area contributed by atoms with E-state index in [1.165, 1.54) is 120 Å². The average molecular weight is 745 g/mol. The highest BCUT2D eigenvalue weighted by Gasteiger charge is 2.47. The maximum absolute atomic E-state index is 2.51. The summed E-state index contributed by atoms with van der Waals surface area (Å²) in [7, 11) is 0. The Balaban J connectivity index is 1.08. The second-order valence-electron chi connectivity index (χ2n) is 16.3. The zero-order valence-electron chi connectivity index (χ0n) is 32.3. The van der Waals surface area contributed by atoms with Gasteiger partial charge in [0.25, 0.3) is 0 Å². The van der Waals surface area contributed by atoms with Gasteiger partial charge in [0.15, 0.2) is 0 Å². The lowest BCUT2D eigenvalue weighted by Crippen LogP contribution is -2.28. The highest BCUT2D eigenvalue weighted by Crippen LogP contribution is 2.59. The number of rotatable bonds is 4. The van der Waals surface area contributed by atoms with E-state index in [-0.39, 0.29) is 0 Å². The molecule has 0 heteroatoms. The first-order valence-corrected chi connectivity index (χ1v) is 20.7. The second-order valence-corrected chi connectivity index (χ2v) is 16.3. The normalized spacial score (nSPS) is 14.8. The molecule has 0 spiro atoms. The first-order chi connectivity index (χ1) is 29.3. The number of benzene rings is 12. The maximum Gasteiger partial charge on any atom is 0.0714 e. The lowest BCUT2D eigenvalue weighted by molar-refractivity contribution is 0.770. The highest BCUT2D eigenvalue weighted by atomic mass is 14.5. The Kier molecular flexibility index (Phi) is 6.74. The molecule has 13 rings (SSSR count). The van der Waals surface area contributed by atoms with E-state index >= 15 is 0 Å². The van der Waals surface area contributed by atoms with Crippen LogP contribution in [0.5, 0.6) is 0 Å². The summed E-state index contributed by atoms with van der Waals surface area (Å²) in [5, 5.41) is 15.5. The lowest BCUT2D eigenvalue weighted by Gasteiger charge is -2.34. The SMILES string of the molecule is c1ccc(C2(c3ccc(-c4c5ccccc5c(-c5cccc6ccccc56)c5ccccc45)cc3)c3ccccc3-c3c2cc2ccc4cccc5ccc3c2c45)cc1. The van der Waals surface area contributed by atoms with Crippen molar-refractivity contribution in [2.75, 3.05) is 0 Å². The molecule has 1 aliphatic rings. The van der Waals surface area contributed by atoms with Gasteiger partial charge < -0.3 is 0 Å². The van der Waals surface area contributed by atoms with Gasteiger partial charge in [-0.3, -0.25) is 0 Å². The molecule has 0 aliphatic heterocycles. The molecule has 1 atom stereocenters. The molecule has 59 heavy (non-hydrogen) atoms. The van der Waals surface area contributed by atoms with E-state index in [2.05, 4.69) is 218 Å². The molecule has 0 amide bonds. The Morgan fingerprint density at radius 1 is 0.254 bits per heavy atom. The monoisotopic (exact) mass is 744 g/mol. The van der Waals surface area contributed by atoms with Crippen molar-refractivity contribution >= 4 is 64.6 Å². The third-order valence-electron chi connectivity index (χ3n) is 13.5. The van der Waals surface area contributed by atoms with Crippen LogP contribution < -0.4 is 0 Å². The van der Waals surface area contributed by atoms with Crippen molar-refractivity contribution in [1.82, 2.24) is 0 Å². The van der Waals surface area contributed by atoms with Crippen LogP contribution in [0.15, 0.2) is 218 Å². The van der Waals surface area contributed by atoms with E-state index in [0.29, 0.717) is 0 Å². The van der Waals surface area contributed by atoms with Gasteiger partial charge in [0.1, 0.15) is 0 Å². The van der Waals surface area contributed by atoms with Crippen molar-refractivity contribution in [1.29, 1.82) is 0 Å². The molecule has 0 saturated carbocycles. The Morgan fingerprint density at radius 2 is 0.780 bits per heavy atom. The lowest BCUT2D eigenvalue weighted by atomic mass is 9.67. The van der Waals surface area contributed by atoms with Crippen molar-refractivity contribution in [3.63, 3.8) is 0 Å². The van der Waals surface area contributed by atoms with E-state index in [1.807, 2.05) is 0 Å². The second kappa shape index (κ2) is 12.2. The first-order valence-electron chi connectivity index (χ1n) is 20.7. The van der Waals surface area contributed by atoms with E-state index in [0.717, 1.165) is 0 Å². The van der Waals surface area contributed by atoms with Crippen molar-refractivity contribution < 1.29 is 0 Å². The van der Waals surface area contributed by atoms with Gasteiger partial charge in [-0.25, -0.2) is 0 Å². The summed E-state index contributed by atoms with van der Waals surface area (Å²) in [5.74, 6) is 0. The van der Waals surface area contributed by atoms with Crippen LogP contribution in [0, 0.1) is 0 Å². The maximum atomic E-state index is 2.51. The average Bonchev–Trinajstić information content (AvgIpc) is 3.61. The van der Waals surface area contributed by atoms with Crippen LogP contribution >= 0.6 is 0 Å². The van der Waals surface area contributed by atoms with Gasteiger partial charge in [-0.05, 0) is 126 Å². The van der Waals surface area contributed by atoms with Crippen LogP contribution in [0.25, 0.3) is 98.0 Å². The molecule has 0 fully saturated rings. The molecule has 272 valence electrons. The molecule has 1 aliphatic carbocycles. The van der Waals surface area contributed by atoms with Crippen LogP contribution in [-0.2, 0) is 5.41 Å². The van der Waals surface area contributed by atoms with Gasteiger partial charge in [-0.2, -0.15) is 0 Å². The third-order valence-corrected chi connectivity index (χ3v) is 13.5. The number of fused-ring (bicyclic) bond motifs is 7. The van der Waals surface area contributed by atoms with Gasteiger partial charge in [0.2, 0.25) is 0 Å². The third kappa shape index (κ3) is 4.38. The molecule has 0 bridgehead atoms. The molecular formula is C59H36. The summed E-state index contributed by atoms with van der Waals surface area (Å²) in [5.41, 5.74) is 12.4. The standard InChI is InChI=1S/C59H36/c1-2-18-42(19-3-1)59(52-27-11-10-25-50(52)58-51-35-32-39-17-12-16-38-28-29-41(36-53(58)59)56(51)54(38)39)43-33-30-40(31-34-43)55-46-21-6-8-23-48(46)57(49-24-9-7-22-47(49)55)45-26-13-15-37-14-4-5-20-44(37)45/h1-36H. The fourth-order valence-electron chi connectivity index (χ4n) is 11.1. The largest absolute Gasteiger partial charge is 0.0714 e. The predicted molar refractivity (Wildman–Crippen MR) is 251 cm³/mol. The summed E-state index contributed by atoms with van der Waals surface area (Å²) in [4.78, 5) is 0. The number of hydrogen-bond acceptors (Lipinski definition) is 0. The molecule has 12 aromatic carbocycles. The van der Waals surface area contributed by atoms with Gasteiger partial charge in [-0.15, -0.1) is 0 Å². The number of hydrogen-bond donors (Lipinski definition) is 0. The molecule has 12 aromatic rings. The summed E-state index contributed by atoms with van der Waals surface area (Å²) in [6.07, 6.45) is 0. The minimum atomic E-state index is -0.515. The van der Waals surface area contributed by atoms with Gasteiger partial charge >= 0.3 is 0 Å². The fraction of sp³-hybridized carbons (Fsp3) is 0.0169. The van der Waals surface area contributed by atoms with Gasteiger partial charge in [0.05, 0.1) is 5.41 Å². The Morgan fingerprint density at radius 3 is 1.53 bits per heavy atom. The van der Waals surface area contributed by atoms with E-state index in [1.54, 1.807) is 0 Å². The van der Waals surface area contributed by atoms with E-state index < -0.39 is 5.41 Å². The highest BCUT2D eigenvalue weighted by molar-refractivity contribution is 6.27. The smallest absolute Gasteiger partial charge is 0.0622 e. The topological polar surface area (TPSA) is 0 Å². The Hall–Kier alpha value is -7.54. The Bertz CT molecular complexity index is 3570. The van der Waals surface area contributed by atoms with Crippen LogP contribution in [0.4, 0.5) is 0 Å². The molecule has 1 unspecified atom stereocenters. The Labute approximate surface area is 342 Å². The zero-order chi connectivity index (χ0) is 38.7. The fourth-order valence-corrected chi connectivity index (χ4v) is 11.1. The van der Waals surface area contributed by atoms with Crippen molar-refractivity contribution in [2.45, 2.75) is 5.41 Å². The molecule has 0 aromatic heterocycles.